The van der Waals surface area contributed by atoms with Crippen LogP contribution in [0.4, 0.5) is 5.69 Å². The molecule has 4 aromatic carbocycles. The average molecular weight is 718 g/mol. The molecule has 9 heteroatoms. The first-order valence-electron chi connectivity index (χ1n) is 18.0. The molecule has 0 aliphatic carbocycles. The fourth-order valence-corrected chi connectivity index (χ4v) is 7.45. The Hall–Kier alpha value is -4.51. The molecule has 0 radical (unpaired) electrons. The molecule has 2 aliphatic heterocycles. The quantitative estimate of drug-likeness (QED) is 0.0675. The smallest absolute Gasteiger partial charge is 0.224 e. The zero-order chi connectivity index (χ0) is 36.1. The van der Waals surface area contributed by atoms with Gasteiger partial charge in [0.15, 0.2) is 6.29 Å². The number of nitrogens with zero attached hydrogens (tertiary/aromatic N) is 1. The molecule has 3 atom stereocenters. The van der Waals surface area contributed by atoms with Crippen molar-refractivity contribution in [3.63, 3.8) is 0 Å². The number of benzene rings is 4. The number of carbonyl (C=O) groups is 1. The summed E-state index contributed by atoms with van der Waals surface area (Å²) >= 11 is 1.74. The van der Waals surface area contributed by atoms with E-state index in [1.807, 2.05) is 60.7 Å². The molecule has 8 nitrogen and oxygen atoms in total. The van der Waals surface area contributed by atoms with Gasteiger partial charge in [0, 0.05) is 47.5 Å². The van der Waals surface area contributed by atoms with Gasteiger partial charge in [-0.1, -0.05) is 116 Å². The average Bonchev–Trinajstić information content (AvgIpc) is 3.63. The molecule has 0 spiro atoms. The van der Waals surface area contributed by atoms with Gasteiger partial charge in [-0.05, 0) is 53.7 Å². The van der Waals surface area contributed by atoms with Gasteiger partial charge in [0.05, 0.1) is 29.6 Å². The van der Waals surface area contributed by atoms with Gasteiger partial charge in [-0.3, -0.25) is 15.5 Å². The van der Waals surface area contributed by atoms with E-state index in [1.165, 1.54) is 11.1 Å². The summed E-state index contributed by atoms with van der Waals surface area (Å²) in [6.45, 7) is 3.71. The predicted octanol–water partition coefficient (Wildman–Crippen LogP) is 9.60. The Morgan fingerprint density at radius 1 is 0.808 bits per heavy atom. The van der Waals surface area contributed by atoms with E-state index >= 15 is 0 Å². The summed E-state index contributed by atoms with van der Waals surface area (Å²) in [7, 11) is 0. The van der Waals surface area contributed by atoms with Crippen molar-refractivity contribution in [3.05, 3.63) is 149 Å². The van der Waals surface area contributed by atoms with Crippen LogP contribution < -0.4 is 10.8 Å². The number of aliphatic hydroxyl groups excluding tert-OH is 1. The van der Waals surface area contributed by atoms with Crippen LogP contribution >= 0.6 is 11.8 Å². The topological polar surface area (TPSA) is 112 Å². The number of anilines is 1. The van der Waals surface area contributed by atoms with Gasteiger partial charge in [-0.2, -0.15) is 0 Å². The number of amides is 1. The summed E-state index contributed by atoms with van der Waals surface area (Å²) in [5.41, 5.74) is 10.7. The van der Waals surface area contributed by atoms with E-state index in [0.717, 1.165) is 83.0 Å². The summed E-state index contributed by atoms with van der Waals surface area (Å²) in [6, 6.07) is 36.5. The first kappa shape index (κ1) is 37.3. The van der Waals surface area contributed by atoms with Crippen molar-refractivity contribution < 1.29 is 24.6 Å². The molecule has 1 saturated heterocycles. The third-order valence-corrected chi connectivity index (χ3v) is 10.4. The molecule has 6 rings (SSSR count). The van der Waals surface area contributed by atoms with E-state index in [-0.39, 0.29) is 24.7 Å². The third kappa shape index (κ3) is 10.3. The Bertz CT molecular complexity index is 1830. The lowest BCUT2D eigenvalue weighted by Crippen LogP contribution is -2.31. The maximum absolute atomic E-state index is 12.6. The van der Waals surface area contributed by atoms with Crippen molar-refractivity contribution in [1.29, 1.82) is 0 Å². The number of allylic oxidation sites excluding steroid dienone is 2. The van der Waals surface area contributed by atoms with Crippen LogP contribution in [0.1, 0.15) is 91.6 Å². The lowest BCUT2D eigenvalue weighted by molar-refractivity contribution is -0.245. The molecule has 0 saturated carbocycles. The summed E-state index contributed by atoms with van der Waals surface area (Å²) in [6.07, 6.45) is 5.37. The number of hydrogen-bond acceptors (Lipinski definition) is 8. The fourth-order valence-electron chi connectivity index (χ4n) is 6.46. The van der Waals surface area contributed by atoms with Crippen molar-refractivity contribution in [3.8, 4) is 0 Å². The molecule has 4 N–H and O–H groups in total. The van der Waals surface area contributed by atoms with Crippen LogP contribution in [0.25, 0.3) is 11.3 Å². The van der Waals surface area contributed by atoms with Crippen LogP contribution in [-0.2, 0) is 20.9 Å². The monoisotopic (exact) mass is 717 g/mol. The predicted molar refractivity (Wildman–Crippen MR) is 209 cm³/mol. The minimum atomic E-state index is -0.591. The minimum Gasteiger partial charge on any atom is -0.392 e. The normalized spacial score (nSPS) is 18.6. The number of unbranched alkanes of at least 4 members (excludes halogenated alkanes) is 3. The van der Waals surface area contributed by atoms with Crippen LogP contribution in [0.5, 0.6) is 0 Å². The van der Waals surface area contributed by atoms with Crippen molar-refractivity contribution >= 4 is 39.7 Å². The van der Waals surface area contributed by atoms with Gasteiger partial charge in [0.2, 0.25) is 5.91 Å². The molecule has 0 aromatic heterocycles. The standard InChI is InChI=1S/C43H47N3O5S/c1-30(46-49)12-6-2-3-11-17-40(48)44-36-24-22-35(23-25-36)43-50-37(26-39(51-43)33-20-18-31(28-47)19-21-33)29-52-41-27-38(32-13-7-4-8-14-32)42(45-41)34-15-9-5-10-16-34/h4-5,7-10,13-16,18-25,37,39,43,46-47,49H,1-3,6,11-12,17,26-29H2,(H,44,48)/t37-,39+,43+/m1/s1. The van der Waals surface area contributed by atoms with E-state index in [4.69, 9.17) is 19.7 Å². The first-order chi connectivity index (χ1) is 25.5. The third-order valence-electron chi connectivity index (χ3n) is 9.33. The molecular formula is C43H47N3O5S. The number of ether oxygens (including phenoxy) is 2. The maximum Gasteiger partial charge on any atom is 0.224 e. The number of nitrogens with one attached hydrogen (secondary N) is 2. The van der Waals surface area contributed by atoms with Crippen LogP contribution in [0.15, 0.2) is 126 Å². The second-order valence-corrected chi connectivity index (χ2v) is 14.3. The number of carbonyl (C=O) groups excluding carboxylic acids is 1. The molecular weight excluding hydrogens is 671 g/mol. The summed E-state index contributed by atoms with van der Waals surface area (Å²) in [5, 5.41) is 22.5. The Kier molecular flexibility index (Phi) is 13.5. The highest BCUT2D eigenvalue weighted by molar-refractivity contribution is 8.14. The van der Waals surface area contributed by atoms with Gasteiger partial charge in [-0.15, -0.1) is 11.8 Å². The van der Waals surface area contributed by atoms with E-state index in [9.17, 15) is 9.90 Å². The Morgan fingerprint density at radius 2 is 1.46 bits per heavy atom. The molecule has 2 heterocycles. The van der Waals surface area contributed by atoms with Crippen LogP contribution in [-0.4, -0.2) is 33.1 Å². The van der Waals surface area contributed by atoms with Crippen LogP contribution in [0, 0.1) is 0 Å². The van der Waals surface area contributed by atoms with E-state index in [2.05, 4.69) is 65.9 Å². The molecule has 1 fully saturated rings. The second kappa shape index (κ2) is 18.8. The van der Waals surface area contributed by atoms with Gasteiger partial charge >= 0.3 is 0 Å². The van der Waals surface area contributed by atoms with E-state index in [1.54, 1.807) is 11.8 Å². The van der Waals surface area contributed by atoms with Crippen molar-refractivity contribution in [1.82, 2.24) is 5.48 Å². The number of hydrogen-bond donors (Lipinski definition) is 4. The van der Waals surface area contributed by atoms with Crippen molar-refractivity contribution in [2.24, 2.45) is 4.99 Å². The minimum absolute atomic E-state index is 0.00832. The van der Waals surface area contributed by atoms with Crippen molar-refractivity contribution in [2.75, 3.05) is 11.1 Å². The van der Waals surface area contributed by atoms with Crippen LogP contribution in [0.3, 0.4) is 0 Å². The molecule has 2 aliphatic rings. The number of hydroxylamine groups is 1. The molecule has 0 bridgehead atoms. The SMILES string of the molecule is C=C(CCCCCCC(=O)Nc1ccc([C@H]2O[C@@H](CSC3=NC(c4ccccc4)=C(c4ccccc4)C3)C[C@@H](c3ccc(CO)cc3)O2)cc1)NO. The highest BCUT2D eigenvalue weighted by atomic mass is 32.2. The number of aliphatic imine (C=N–C) groups is 1. The molecule has 4 aromatic rings. The zero-order valence-electron chi connectivity index (χ0n) is 29.4. The highest BCUT2D eigenvalue weighted by Gasteiger charge is 2.33. The molecule has 52 heavy (non-hydrogen) atoms. The number of rotatable bonds is 16. The lowest BCUT2D eigenvalue weighted by atomic mass is 9.99. The van der Waals surface area contributed by atoms with Gasteiger partial charge in [-0.25, -0.2) is 4.99 Å². The largest absolute Gasteiger partial charge is 0.392 e. The summed E-state index contributed by atoms with van der Waals surface area (Å²) in [4.78, 5) is 17.8. The Balaban J connectivity index is 1.10. The van der Waals surface area contributed by atoms with E-state index in [0.29, 0.717) is 18.5 Å². The van der Waals surface area contributed by atoms with Gasteiger partial charge < -0.3 is 19.9 Å². The Morgan fingerprint density at radius 3 is 2.13 bits per heavy atom. The number of aliphatic hydroxyl groups is 1. The fraction of sp³-hybridized carbons (Fsp3) is 0.302. The highest BCUT2D eigenvalue weighted by Crippen LogP contribution is 2.42. The summed E-state index contributed by atoms with van der Waals surface area (Å²) in [5.74, 6) is 0.702. The maximum atomic E-state index is 12.6. The molecule has 0 unspecified atom stereocenters. The first-order valence-corrected chi connectivity index (χ1v) is 19.0. The van der Waals surface area contributed by atoms with Crippen molar-refractivity contribution in [2.45, 2.75) is 76.5 Å². The molecule has 1 amide bonds. The zero-order valence-corrected chi connectivity index (χ0v) is 30.2. The lowest BCUT2D eigenvalue weighted by Gasteiger charge is -2.36. The Labute approximate surface area is 310 Å². The van der Waals surface area contributed by atoms with Gasteiger partial charge in [0.25, 0.3) is 0 Å². The number of thioether (sulfide) groups is 1. The van der Waals surface area contributed by atoms with Gasteiger partial charge in [0.1, 0.15) is 0 Å². The van der Waals surface area contributed by atoms with E-state index < -0.39 is 6.29 Å². The molecule has 270 valence electrons. The van der Waals surface area contributed by atoms with Crippen LogP contribution in [0.2, 0.25) is 0 Å². The second-order valence-electron chi connectivity index (χ2n) is 13.2. The summed E-state index contributed by atoms with van der Waals surface area (Å²) < 4.78 is 13.2.